The summed E-state index contributed by atoms with van der Waals surface area (Å²) in [5, 5.41) is 5.56. The number of imidazole rings is 1. The minimum absolute atomic E-state index is 0.131. The molecule has 0 spiro atoms. The number of hydrogen-bond acceptors (Lipinski definition) is 3. The van der Waals surface area contributed by atoms with Crippen LogP contribution < -0.4 is 10.6 Å². The molecule has 1 aromatic heterocycles. The summed E-state index contributed by atoms with van der Waals surface area (Å²) in [6.07, 6.45) is 4.73. The number of hydrogen-bond donors (Lipinski definition) is 2. The lowest BCUT2D eigenvalue weighted by Gasteiger charge is -2.13. The second-order valence-corrected chi connectivity index (χ2v) is 7.77. The molecule has 160 valence electrons. The van der Waals surface area contributed by atoms with Crippen molar-refractivity contribution in [1.29, 1.82) is 0 Å². The summed E-state index contributed by atoms with van der Waals surface area (Å²) in [5.74, 6) is -1.14. The van der Waals surface area contributed by atoms with Crippen molar-refractivity contribution in [2.24, 2.45) is 0 Å². The number of amides is 2. The van der Waals surface area contributed by atoms with Crippen LogP contribution in [0.25, 0.3) is 5.69 Å². The van der Waals surface area contributed by atoms with Crippen LogP contribution >= 0.6 is 15.9 Å². The first kappa shape index (κ1) is 21.5. The van der Waals surface area contributed by atoms with Crippen LogP contribution in [0.15, 0.2) is 89.9 Å². The molecular weight excluding hydrogens is 475 g/mol. The maximum atomic E-state index is 14.4. The number of nitrogens with zero attached hydrogens (tertiary/aromatic N) is 2. The number of para-hydroxylation sites is 1. The fraction of sp³-hybridized carbons (Fsp3) is 0.0417. The van der Waals surface area contributed by atoms with Gasteiger partial charge >= 0.3 is 0 Å². The number of carbonyl (C=O) groups is 2. The average molecular weight is 493 g/mol. The molecule has 32 heavy (non-hydrogen) atoms. The lowest BCUT2D eigenvalue weighted by molar-refractivity contribution is 0.0951. The minimum Gasteiger partial charge on any atom is -0.348 e. The highest BCUT2D eigenvalue weighted by atomic mass is 79.9. The molecule has 2 amide bonds. The average Bonchev–Trinajstić information content (AvgIpc) is 3.33. The Hall–Kier alpha value is -3.78. The van der Waals surface area contributed by atoms with Crippen molar-refractivity contribution < 1.29 is 14.0 Å². The molecule has 6 nitrogen and oxygen atoms in total. The quantitative estimate of drug-likeness (QED) is 0.399. The summed E-state index contributed by atoms with van der Waals surface area (Å²) in [6, 6.07) is 18.5. The standard InChI is InChI=1S/C24H18BrFN4O2/c25-19-7-3-1-5-17(19)24(32)29-21-8-4-2-6-18(21)23(31)28-14-16-9-10-22(20(26)13-16)30-12-11-27-15-30/h1-13,15H,14H2,(H,28,31)(H,29,32). The molecule has 8 heteroatoms. The van der Waals surface area contributed by atoms with Gasteiger partial charge in [-0.1, -0.05) is 30.3 Å². The van der Waals surface area contributed by atoms with Gasteiger partial charge in [-0.3, -0.25) is 9.59 Å². The summed E-state index contributed by atoms with van der Waals surface area (Å²) in [6.45, 7) is 0.131. The molecule has 0 saturated heterocycles. The molecule has 0 atom stereocenters. The monoisotopic (exact) mass is 492 g/mol. The van der Waals surface area contributed by atoms with Crippen LogP contribution in [-0.4, -0.2) is 21.4 Å². The van der Waals surface area contributed by atoms with Crippen molar-refractivity contribution in [2.75, 3.05) is 5.32 Å². The molecule has 0 fully saturated rings. The van der Waals surface area contributed by atoms with Crippen LogP contribution in [0, 0.1) is 5.82 Å². The molecule has 0 aliphatic carbocycles. The van der Waals surface area contributed by atoms with Crippen molar-refractivity contribution in [3.05, 3.63) is 112 Å². The zero-order valence-corrected chi connectivity index (χ0v) is 18.3. The van der Waals surface area contributed by atoms with Gasteiger partial charge in [-0.05, 0) is 57.9 Å². The molecule has 0 aliphatic heterocycles. The van der Waals surface area contributed by atoms with Crippen molar-refractivity contribution in [2.45, 2.75) is 6.54 Å². The van der Waals surface area contributed by atoms with E-state index < -0.39 is 5.82 Å². The number of nitrogens with one attached hydrogen (secondary N) is 2. The number of halogens is 2. The van der Waals surface area contributed by atoms with E-state index in [0.29, 0.717) is 32.5 Å². The van der Waals surface area contributed by atoms with Crippen LogP contribution in [0.5, 0.6) is 0 Å². The molecule has 1 heterocycles. The number of benzene rings is 3. The van der Waals surface area contributed by atoms with Gasteiger partial charge in [0.2, 0.25) is 0 Å². The topological polar surface area (TPSA) is 76.0 Å². The number of carbonyl (C=O) groups excluding carboxylic acids is 2. The highest BCUT2D eigenvalue weighted by molar-refractivity contribution is 9.10. The summed E-state index contributed by atoms with van der Waals surface area (Å²) in [4.78, 5) is 29.3. The van der Waals surface area contributed by atoms with E-state index in [2.05, 4.69) is 31.5 Å². The van der Waals surface area contributed by atoms with E-state index in [9.17, 15) is 14.0 Å². The Balaban J connectivity index is 1.46. The van der Waals surface area contributed by atoms with E-state index in [1.165, 1.54) is 12.4 Å². The first-order valence-corrected chi connectivity index (χ1v) is 10.5. The van der Waals surface area contributed by atoms with Gasteiger partial charge in [-0.25, -0.2) is 9.37 Å². The van der Waals surface area contributed by atoms with E-state index in [-0.39, 0.29) is 18.4 Å². The fourth-order valence-electron chi connectivity index (χ4n) is 3.17. The summed E-state index contributed by atoms with van der Waals surface area (Å²) >= 11 is 3.36. The second-order valence-electron chi connectivity index (χ2n) is 6.92. The molecule has 4 rings (SSSR count). The van der Waals surface area contributed by atoms with Crippen molar-refractivity contribution in [3.63, 3.8) is 0 Å². The van der Waals surface area contributed by atoms with Crippen LogP contribution in [0.2, 0.25) is 0 Å². The van der Waals surface area contributed by atoms with E-state index in [1.54, 1.807) is 71.6 Å². The maximum absolute atomic E-state index is 14.4. The molecular formula is C24H18BrFN4O2. The Morgan fingerprint density at radius 3 is 2.44 bits per heavy atom. The van der Waals surface area contributed by atoms with Gasteiger partial charge < -0.3 is 15.2 Å². The number of aromatic nitrogens is 2. The molecule has 0 unspecified atom stereocenters. The number of anilines is 1. The van der Waals surface area contributed by atoms with E-state index in [0.717, 1.165) is 0 Å². The zero-order chi connectivity index (χ0) is 22.5. The first-order chi connectivity index (χ1) is 15.5. The first-order valence-electron chi connectivity index (χ1n) is 9.73. The smallest absolute Gasteiger partial charge is 0.256 e. The lowest BCUT2D eigenvalue weighted by atomic mass is 10.1. The molecule has 0 radical (unpaired) electrons. The van der Waals surface area contributed by atoms with E-state index in [1.807, 2.05) is 6.07 Å². The fourth-order valence-corrected chi connectivity index (χ4v) is 3.64. The van der Waals surface area contributed by atoms with Crippen molar-refractivity contribution in [1.82, 2.24) is 14.9 Å². The van der Waals surface area contributed by atoms with Gasteiger partial charge in [0.05, 0.1) is 28.8 Å². The Morgan fingerprint density at radius 2 is 1.72 bits per heavy atom. The minimum atomic E-state index is -0.421. The van der Waals surface area contributed by atoms with Gasteiger partial charge in [0.1, 0.15) is 5.82 Å². The Morgan fingerprint density at radius 1 is 0.969 bits per heavy atom. The van der Waals surface area contributed by atoms with E-state index in [4.69, 9.17) is 0 Å². The van der Waals surface area contributed by atoms with Crippen LogP contribution in [0.4, 0.5) is 10.1 Å². The van der Waals surface area contributed by atoms with E-state index >= 15 is 0 Å². The van der Waals surface area contributed by atoms with Crippen molar-refractivity contribution in [3.8, 4) is 5.69 Å². The predicted molar refractivity (Wildman–Crippen MR) is 123 cm³/mol. The predicted octanol–water partition coefficient (Wildman–Crippen LogP) is 4.96. The third-order valence-corrected chi connectivity index (χ3v) is 5.48. The van der Waals surface area contributed by atoms with Crippen molar-refractivity contribution >= 4 is 33.4 Å². The molecule has 3 aromatic carbocycles. The van der Waals surface area contributed by atoms with Crippen LogP contribution in [0.1, 0.15) is 26.3 Å². The molecule has 4 aromatic rings. The third kappa shape index (κ3) is 4.76. The summed E-state index contributed by atoms with van der Waals surface area (Å²) < 4.78 is 16.7. The molecule has 2 N–H and O–H groups in total. The van der Waals surface area contributed by atoms with Gasteiger partial charge in [0.25, 0.3) is 11.8 Å². The van der Waals surface area contributed by atoms with Crippen LogP contribution in [0.3, 0.4) is 0 Å². The van der Waals surface area contributed by atoms with Gasteiger partial charge in [0, 0.05) is 23.4 Å². The largest absolute Gasteiger partial charge is 0.348 e. The third-order valence-electron chi connectivity index (χ3n) is 4.79. The highest BCUT2D eigenvalue weighted by Crippen LogP contribution is 2.21. The zero-order valence-electron chi connectivity index (χ0n) is 16.8. The maximum Gasteiger partial charge on any atom is 0.256 e. The van der Waals surface area contributed by atoms with Gasteiger partial charge in [0.15, 0.2) is 0 Å². The Bertz CT molecular complexity index is 1270. The van der Waals surface area contributed by atoms with Gasteiger partial charge in [-0.2, -0.15) is 0 Å². The Kier molecular flexibility index (Phi) is 6.42. The number of rotatable bonds is 6. The molecule has 0 aliphatic rings. The van der Waals surface area contributed by atoms with Crippen LogP contribution in [-0.2, 0) is 6.54 Å². The van der Waals surface area contributed by atoms with Gasteiger partial charge in [-0.15, -0.1) is 0 Å². The molecule has 0 bridgehead atoms. The lowest BCUT2D eigenvalue weighted by Crippen LogP contribution is -2.25. The summed E-state index contributed by atoms with van der Waals surface area (Å²) in [7, 11) is 0. The molecule has 0 saturated carbocycles. The normalized spacial score (nSPS) is 10.6. The second kappa shape index (κ2) is 9.57. The highest BCUT2D eigenvalue weighted by Gasteiger charge is 2.15. The summed E-state index contributed by atoms with van der Waals surface area (Å²) in [5.41, 5.74) is 2.12. The SMILES string of the molecule is O=C(Nc1ccccc1C(=O)NCc1ccc(-n2ccnc2)c(F)c1)c1ccccc1Br. The Labute approximate surface area is 192 Å².